The Bertz CT molecular complexity index is 2280. The average molecular weight is 537 g/mol. The van der Waals surface area contributed by atoms with Gasteiger partial charge in [-0.25, -0.2) is 0 Å². The molecule has 2 heterocycles. The number of hydrogen-bond acceptors (Lipinski definition) is 2. The Hall–Kier alpha value is -5.84. The smallest absolute Gasteiger partial charge is 0.101 e. The topological polar surface area (TPSA) is 57.4 Å². The van der Waals surface area contributed by atoms with Gasteiger partial charge in [0, 0.05) is 38.7 Å². The van der Waals surface area contributed by atoms with Gasteiger partial charge < -0.3 is 9.13 Å². The van der Waals surface area contributed by atoms with Crippen LogP contribution >= 0.6 is 0 Å². The zero-order valence-electron chi connectivity index (χ0n) is 22.8. The molecule has 0 saturated heterocycles. The molecule has 1 aliphatic carbocycles. The highest BCUT2D eigenvalue weighted by atomic mass is 15.0. The first-order valence-electron chi connectivity index (χ1n) is 14.1. The first-order chi connectivity index (χ1) is 20.8. The van der Waals surface area contributed by atoms with Gasteiger partial charge in [0.05, 0.1) is 39.4 Å². The number of allylic oxidation sites excluding steroid dienone is 1. The monoisotopic (exact) mass is 536 g/mol. The van der Waals surface area contributed by atoms with Gasteiger partial charge in [0.25, 0.3) is 0 Å². The number of nitrogens with zero attached hydrogens (tertiary/aromatic N) is 4. The summed E-state index contributed by atoms with van der Waals surface area (Å²) in [5.41, 5.74) is 10.4. The molecule has 8 rings (SSSR count). The quantitative estimate of drug-likeness (QED) is 0.226. The van der Waals surface area contributed by atoms with Crippen LogP contribution in [0.15, 0.2) is 115 Å². The van der Waals surface area contributed by atoms with Crippen molar-refractivity contribution in [3.8, 4) is 34.6 Å². The molecule has 0 N–H and O–H groups in total. The number of rotatable bonds is 3. The Kier molecular flexibility index (Phi) is 5.36. The van der Waals surface area contributed by atoms with E-state index in [1.165, 1.54) is 22.2 Å². The molecular weight excluding hydrogens is 512 g/mol. The Balaban J connectivity index is 1.44. The van der Waals surface area contributed by atoms with E-state index in [1.807, 2.05) is 30.3 Å². The van der Waals surface area contributed by atoms with Crippen molar-refractivity contribution < 1.29 is 0 Å². The van der Waals surface area contributed by atoms with E-state index < -0.39 is 0 Å². The fourth-order valence-corrected chi connectivity index (χ4v) is 6.69. The Morgan fingerprint density at radius 3 is 1.98 bits per heavy atom. The van der Waals surface area contributed by atoms with E-state index in [0.29, 0.717) is 11.1 Å². The summed E-state index contributed by atoms with van der Waals surface area (Å²) in [6.07, 6.45) is 6.48. The molecule has 4 nitrogen and oxygen atoms in total. The standard InChI is InChI=1S/C38H24N4/c39-23-25-20-27(24-40)38(42-36-18-7-3-14-31(36)32-15-4-8-19-37(32)42)33(21-25)26-10-9-11-28(22-26)41-34-16-5-1-12-29(34)30-13-2-6-17-35(30)41/h1-5,7-16,18-22H,6,17H2. The Labute approximate surface area is 243 Å². The zero-order chi connectivity index (χ0) is 28.2. The van der Waals surface area contributed by atoms with Gasteiger partial charge in [0.2, 0.25) is 0 Å². The lowest BCUT2D eigenvalue weighted by atomic mass is 9.96. The summed E-state index contributed by atoms with van der Waals surface area (Å²) in [5, 5.41) is 23.9. The van der Waals surface area contributed by atoms with Crippen molar-refractivity contribution in [3.63, 3.8) is 0 Å². The average Bonchev–Trinajstić information content (AvgIpc) is 3.57. The number of benzene rings is 5. The second-order valence-corrected chi connectivity index (χ2v) is 10.7. The lowest BCUT2D eigenvalue weighted by Crippen LogP contribution is -2.04. The summed E-state index contributed by atoms with van der Waals surface area (Å²) < 4.78 is 4.56. The molecule has 0 aliphatic heterocycles. The van der Waals surface area contributed by atoms with E-state index in [2.05, 4.69) is 106 Å². The van der Waals surface area contributed by atoms with Gasteiger partial charge >= 0.3 is 0 Å². The summed E-state index contributed by atoms with van der Waals surface area (Å²) in [6.45, 7) is 0. The molecule has 0 amide bonds. The highest BCUT2D eigenvalue weighted by Crippen LogP contribution is 2.40. The molecule has 196 valence electrons. The van der Waals surface area contributed by atoms with Crippen LogP contribution in [0.5, 0.6) is 0 Å². The fraction of sp³-hybridized carbons (Fsp3) is 0.0526. The third-order valence-corrected chi connectivity index (χ3v) is 8.43. The Morgan fingerprint density at radius 1 is 0.619 bits per heavy atom. The van der Waals surface area contributed by atoms with Crippen LogP contribution in [0, 0.1) is 22.7 Å². The van der Waals surface area contributed by atoms with Crippen molar-refractivity contribution in [2.75, 3.05) is 0 Å². The predicted octanol–water partition coefficient (Wildman–Crippen LogP) is 9.10. The normalized spacial score (nSPS) is 12.4. The first kappa shape index (κ1) is 24.0. The third-order valence-electron chi connectivity index (χ3n) is 8.43. The molecule has 0 saturated carbocycles. The molecule has 0 atom stereocenters. The van der Waals surface area contributed by atoms with Crippen LogP contribution in [-0.2, 0) is 6.42 Å². The van der Waals surface area contributed by atoms with Crippen LogP contribution in [0.3, 0.4) is 0 Å². The van der Waals surface area contributed by atoms with E-state index in [-0.39, 0.29) is 0 Å². The van der Waals surface area contributed by atoms with E-state index >= 15 is 0 Å². The predicted molar refractivity (Wildman–Crippen MR) is 170 cm³/mol. The lowest BCUT2D eigenvalue weighted by molar-refractivity contribution is 0.889. The van der Waals surface area contributed by atoms with Gasteiger partial charge in [-0.05, 0) is 60.9 Å². The maximum Gasteiger partial charge on any atom is 0.101 e. The maximum atomic E-state index is 10.4. The van der Waals surface area contributed by atoms with Crippen LogP contribution in [-0.4, -0.2) is 9.13 Å². The molecule has 7 aromatic rings. The highest BCUT2D eigenvalue weighted by molar-refractivity contribution is 6.10. The minimum atomic E-state index is 0.463. The minimum Gasteiger partial charge on any atom is -0.313 e. The van der Waals surface area contributed by atoms with Crippen molar-refractivity contribution >= 4 is 38.8 Å². The van der Waals surface area contributed by atoms with Gasteiger partial charge in [0.15, 0.2) is 0 Å². The van der Waals surface area contributed by atoms with Crippen molar-refractivity contribution in [1.29, 1.82) is 10.5 Å². The number of para-hydroxylation sites is 3. The zero-order valence-corrected chi connectivity index (χ0v) is 22.8. The summed E-state index contributed by atoms with van der Waals surface area (Å²) in [7, 11) is 0. The van der Waals surface area contributed by atoms with Crippen molar-refractivity contribution in [2.24, 2.45) is 0 Å². The van der Waals surface area contributed by atoms with Gasteiger partial charge in [0.1, 0.15) is 6.07 Å². The van der Waals surface area contributed by atoms with Crippen molar-refractivity contribution in [2.45, 2.75) is 12.8 Å². The van der Waals surface area contributed by atoms with E-state index in [0.717, 1.165) is 57.1 Å². The number of nitriles is 2. The number of hydrogen-bond donors (Lipinski definition) is 0. The van der Waals surface area contributed by atoms with E-state index in [9.17, 15) is 10.5 Å². The fourth-order valence-electron chi connectivity index (χ4n) is 6.69. The molecule has 0 bridgehead atoms. The van der Waals surface area contributed by atoms with Gasteiger partial charge in [-0.15, -0.1) is 0 Å². The lowest BCUT2D eigenvalue weighted by Gasteiger charge is -2.18. The molecular formula is C38H24N4. The third kappa shape index (κ3) is 3.46. The molecule has 0 fully saturated rings. The van der Waals surface area contributed by atoms with E-state index in [4.69, 9.17) is 0 Å². The summed E-state index contributed by atoms with van der Waals surface area (Å²) >= 11 is 0. The SMILES string of the molecule is N#Cc1cc(C#N)c(-n2c3ccccc3c3ccccc32)c(-c2cccc(-n3c4c(c5ccccc53)C=CCC4)c2)c1. The van der Waals surface area contributed by atoms with Crippen LogP contribution in [0.25, 0.3) is 61.3 Å². The molecule has 5 aromatic carbocycles. The number of aromatic nitrogens is 2. The van der Waals surface area contributed by atoms with E-state index in [1.54, 1.807) is 6.07 Å². The Morgan fingerprint density at radius 2 is 1.29 bits per heavy atom. The molecule has 0 unspecified atom stereocenters. The van der Waals surface area contributed by atoms with Gasteiger partial charge in [-0.3, -0.25) is 0 Å². The second-order valence-electron chi connectivity index (χ2n) is 10.7. The summed E-state index contributed by atoms with van der Waals surface area (Å²) in [4.78, 5) is 0. The second kappa shape index (κ2) is 9.37. The molecule has 1 aliphatic rings. The molecule has 42 heavy (non-hydrogen) atoms. The number of fused-ring (bicyclic) bond motifs is 6. The van der Waals surface area contributed by atoms with Gasteiger partial charge in [-0.2, -0.15) is 10.5 Å². The van der Waals surface area contributed by atoms with Crippen LogP contribution in [0.1, 0.15) is 28.8 Å². The minimum absolute atomic E-state index is 0.463. The molecule has 0 spiro atoms. The summed E-state index contributed by atoms with van der Waals surface area (Å²) in [5.74, 6) is 0. The summed E-state index contributed by atoms with van der Waals surface area (Å²) in [6, 6.07) is 42.0. The molecule has 2 aromatic heterocycles. The molecule has 0 radical (unpaired) electrons. The van der Waals surface area contributed by atoms with Gasteiger partial charge in [-0.1, -0.05) is 78.9 Å². The van der Waals surface area contributed by atoms with Crippen molar-refractivity contribution in [3.05, 3.63) is 138 Å². The molecule has 4 heteroatoms. The van der Waals surface area contributed by atoms with Crippen LogP contribution < -0.4 is 0 Å². The van der Waals surface area contributed by atoms with Crippen LogP contribution in [0.2, 0.25) is 0 Å². The largest absolute Gasteiger partial charge is 0.313 e. The maximum absolute atomic E-state index is 10.4. The van der Waals surface area contributed by atoms with Crippen molar-refractivity contribution in [1.82, 2.24) is 9.13 Å². The highest BCUT2D eigenvalue weighted by Gasteiger charge is 2.22. The van der Waals surface area contributed by atoms with Crippen LogP contribution in [0.4, 0.5) is 0 Å². The first-order valence-corrected chi connectivity index (χ1v) is 14.1.